The van der Waals surface area contributed by atoms with Crippen LogP contribution in [0.5, 0.6) is 0 Å². The zero-order chi connectivity index (χ0) is 11.3. The first-order chi connectivity index (χ1) is 7.04. The highest BCUT2D eigenvalue weighted by Gasteiger charge is 2.14. The molecule has 0 saturated heterocycles. The predicted molar refractivity (Wildman–Crippen MR) is 60.2 cm³/mol. The molecule has 1 aromatic heterocycles. The van der Waals surface area contributed by atoms with E-state index < -0.39 is 0 Å². The van der Waals surface area contributed by atoms with E-state index in [-0.39, 0.29) is 5.54 Å². The van der Waals surface area contributed by atoms with Gasteiger partial charge in [-0.1, -0.05) is 11.1 Å². The van der Waals surface area contributed by atoms with Crippen molar-refractivity contribution in [3.63, 3.8) is 0 Å². The van der Waals surface area contributed by atoms with Gasteiger partial charge in [-0.25, -0.2) is 4.68 Å². The average molecular weight is 206 g/mol. The van der Waals surface area contributed by atoms with Crippen LogP contribution in [-0.2, 0) is 12.1 Å². The third kappa shape index (κ3) is 3.72. The Morgan fingerprint density at radius 3 is 2.73 bits per heavy atom. The van der Waals surface area contributed by atoms with Crippen molar-refractivity contribution in [2.75, 3.05) is 6.54 Å². The minimum Gasteiger partial charge on any atom is -0.300 e. The van der Waals surface area contributed by atoms with Gasteiger partial charge < -0.3 is 5.32 Å². The van der Waals surface area contributed by atoms with E-state index in [1.165, 1.54) is 0 Å². The third-order valence-electron chi connectivity index (χ3n) is 1.92. The molecule has 0 fully saturated rings. The van der Waals surface area contributed by atoms with E-state index in [0.717, 1.165) is 5.69 Å². The van der Waals surface area contributed by atoms with Crippen molar-refractivity contribution in [2.45, 2.75) is 39.8 Å². The SMILES string of the molecule is CC#CCNCc1cn(C(C)(C)C)nn1. The van der Waals surface area contributed by atoms with Gasteiger partial charge in [0.05, 0.1) is 24.0 Å². The van der Waals surface area contributed by atoms with Gasteiger partial charge in [-0.15, -0.1) is 11.0 Å². The number of nitrogens with zero attached hydrogens (tertiary/aromatic N) is 3. The Balaban J connectivity index is 2.49. The lowest BCUT2D eigenvalue weighted by atomic mass is 10.1. The minimum atomic E-state index is -0.00548. The Morgan fingerprint density at radius 1 is 1.47 bits per heavy atom. The van der Waals surface area contributed by atoms with E-state index >= 15 is 0 Å². The Kier molecular flexibility index (Phi) is 3.87. The van der Waals surface area contributed by atoms with Crippen molar-refractivity contribution < 1.29 is 0 Å². The van der Waals surface area contributed by atoms with Gasteiger partial charge >= 0.3 is 0 Å². The molecule has 0 aliphatic carbocycles. The summed E-state index contributed by atoms with van der Waals surface area (Å²) in [5.74, 6) is 5.77. The van der Waals surface area contributed by atoms with Crippen LogP contribution in [0, 0.1) is 11.8 Å². The van der Waals surface area contributed by atoms with Gasteiger partial charge in [0, 0.05) is 6.54 Å². The topological polar surface area (TPSA) is 42.7 Å². The molecule has 0 aliphatic rings. The van der Waals surface area contributed by atoms with Crippen molar-refractivity contribution in [1.29, 1.82) is 0 Å². The molecule has 4 heteroatoms. The minimum absolute atomic E-state index is 0.00548. The van der Waals surface area contributed by atoms with Crippen LogP contribution in [0.2, 0.25) is 0 Å². The van der Waals surface area contributed by atoms with Crippen molar-refractivity contribution in [2.24, 2.45) is 0 Å². The maximum atomic E-state index is 4.08. The number of nitrogens with one attached hydrogen (secondary N) is 1. The maximum absolute atomic E-state index is 4.08. The van der Waals surface area contributed by atoms with Crippen LogP contribution >= 0.6 is 0 Å². The second-order valence-corrected chi connectivity index (χ2v) is 4.36. The van der Waals surface area contributed by atoms with Crippen molar-refractivity contribution >= 4 is 0 Å². The van der Waals surface area contributed by atoms with Crippen molar-refractivity contribution in [3.8, 4) is 11.8 Å². The highest BCUT2D eigenvalue weighted by Crippen LogP contribution is 2.11. The number of rotatable bonds is 3. The fraction of sp³-hybridized carbons (Fsp3) is 0.636. The molecule has 1 heterocycles. The van der Waals surface area contributed by atoms with Gasteiger partial charge in [-0.05, 0) is 27.7 Å². The largest absolute Gasteiger partial charge is 0.300 e. The van der Waals surface area contributed by atoms with E-state index in [2.05, 4.69) is 48.2 Å². The molecule has 0 unspecified atom stereocenters. The molecule has 0 spiro atoms. The van der Waals surface area contributed by atoms with E-state index in [4.69, 9.17) is 0 Å². The van der Waals surface area contributed by atoms with E-state index in [0.29, 0.717) is 13.1 Å². The highest BCUT2D eigenvalue weighted by atomic mass is 15.4. The standard InChI is InChI=1S/C11H18N4/c1-5-6-7-12-8-10-9-15(14-13-10)11(2,3)4/h9,12H,7-8H2,1-4H3. The molecule has 0 saturated carbocycles. The first-order valence-corrected chi connectivity index (χ1v) is 5.06. The summed E-state index contributed by atoms with van der Waals surface area (Å²) >= 11 is 0. The summed E-state index contributed by atoms with van der Waals surface area (Å²) in [5, 5.41) is 11.3. The second-order valence-electron chi connectivity index (χ2n) is 4.36. The lowest BCUT2D eigenvalue weighted by Gasteiger charge is -2.17. The average Bonchev–Trinajstić information content (AvgIpc) is 2.60. The summed E-state index contributed by atoms with van der Waals surface area (Å²) < 4.78 is 1.87. The van der Waals surface area contributed by atoms with Gasteiger partial charge in [0.25, 0.3) is 0 Å². The Hall–Kier alpha value is -1.34. The molecule has 1 aromatic rings. The molecule has 0 bridgehead atoms. The smallest absolute Gasteiger partial charge is 0.0965 e. The predicted octanol–water partition coefficient (Wildman–Crippen LogP) is 1.15. The van der Waals surface area contributed by atoms with Crippen molar-refractivity contribution in [1.82, 2.24) is 20.3 Å². The Morgan fingerprint density at radius 2 is 2.20 bits per heavy atom. The van der Waals surface area contributed by atoms with Crippen LogP contribution in [-0.4, -0.2) is 21.5 Å². The molecule has 82 valence electrons. The lowest BCUT2D eigenvalue weighted by Crippen LogP contribution is -2.22. The number of hydrogen-bond donors (Lipinski definition) is 1. The molecule has 0 aromatic carbocycles. The van der Waals surface area contributed by atoms with Crippen LogP contribution in [0.25, 0.3) is 0 Å². The Labute approximate surface area is 91.1 Å². The fourth-order valence-corrected chi connectivity index (χ4v) is 1.05. The molecule has 4 nitrogen and oxygen atoms in total. The molecular weight excluding hydrogens is 188 g/mol. The quantitative estimate of drug-likeness (QED) is 0.596. The molecule has 0 radical (unpaired) electrons. The first-order valence-electron chi connectivity index (χ1n) is 5.06. The van der Waals surface area contributed by atoms with Crippen LogP contribution in [0.1, 0.15) is 33.4 Å². The molecule has 15 heavy (non-hydrogen) atoms. The maximum Gasteiger partial charge on any atom is 0.0965 e. The fourth-order valence-electron chi connectivity index (χ4n) is 1.05. The summed E-state index contributed by atoms with van der Waals surface area (Å²) in [4.78, 5) is 0. The van der Waals surface area contributed by atoms with Gasteiger partial charge in [0.1, 0.15) is 0 Å². The number of aromatic nitrogens is 3. The van der Waals surface area contributed by atoms with E-state index in [9.17, 15) is 0 Å². The van der Waals surface area contributed by atoms with Crippen molar-refractivity contribution in [3.05, 3.63) is 11.9 Å². The normalized spacial score (nSPS) is 10.9. The summed E-state index contributed by atoms with van der Waals surface area (Å²) in [6, 6.07) is 0. The van der Waals surface area contributed by atoms with Crippen LogP contribution in [0.4, 0.5) is 0 Å². The van der Waals surface area contributed by atoms with Gasteiger partial charge in [-0.2, -0.15) is 0 Å². The van der Waals surface area contributed by atoms with Gasteiger partial charge in [0.2, 0.25) is 0 Å². The molecule has 0 amide bonds. The summed E-state index contributed by atoms with van der Waals surface area (Å²) in [7, 11) is 0. The molecule has 1 rings (SSSR count). The molecule has 0 aliphatic heterocycles. The van der Waals surface area contributed by atoms with E-state index in [1.54, 1.807) is 0 Å². The second kappa shape index (κ2) is 4.94. The van der Waals surface area contributed by atoms with Crippen LogP contribution < -0.4 is 5.32 Å². The van der Waals surface area contributed by atoms with Crippen LogP contribution in [0.3, 0.4) is 0 Å². The summed E-state index contributed by atoms with van der Waals surface area (Å²) in [6.45, 7) is 9.53. The highest BCUT2D eigenvalue weighted by molar-refractivity contribution is 4.99. The zero-order valence-corrected chi connectivity index (χ0v) is 9.83. The Bertz CT molecular complexity index is 362. The lowest BCUT2D eigenvalue weighted by molar-refractivity contribution is 0.347. The van der Waals surface area contributed by atoms with Crippen LogP contribution in [0.15, 0.2) is 6.20 Å². The van der Waals surface area contributed by atoms with E-state index in [1.807, 2.05) is 17.8 Å². The molecular formula is C11H18N4. The third-order valence-corrected chi connectivity index (χ3v) is 1.92. The van der Waals surface area contributed by atoms with Gasteiger partial charge in [0.15, 0.2) is 0 Å². The molecule has 0 atom stereocenters. The van der Waals surface area contributed by atoms with Gasteiger partial charge in [-0.3, -0.25) is 0 Å². The zero-order valence-electron chi connectivity index (χ0n) is 9.83. The number of hydrogen-bond acceptors (Lipinski definition) is 3. The monoisotopic (exact) mass is 206 g/mol. The summed E-state index contributed by atoms with van der Waals surface area (Å²) in [6.07, 6.45) is 1.96. The molecule has 1 N–H and O–H groups in total. The summed E-state index contributed by atoms with van der Waals surface area (Å²) in [5.41, 5.74) is 0.942. The first kappa shape index (κ1) is 11.7.